The van der Waals surface area contributed by atoms with Gasteiger partial charge in [-0.15, -0.1) is 0 Å². The number of para-hydroxylation sites is 1. The lowest BCUT2D eigenvalue weighted by atomic mass is 10.1. The van der Waals surface area contributed by atoms with Crippen molar-refractivity contribution in [2.24, 2.45) is 0 Å². The molecule has 1 fully saturated rings. The molecule has 6 heteroatoms. The van der Waals surface area contributed by atoms with Crippen molar-refractivity contribution in [1.29, 1.82) is 0 Å². The van der Waals surface area contributed by atoms with Crippen molar-refractivity contribution in [3.8, 4) is 0 Å². The van der Waals surface area contributed by atoms with Crippen molar-refractivity contribution < 1.29 is 9.59 Å². The minimum absolute atomic E-state index is 0.0259. The van der Waals surface area contributed by atoms with E-state index in [1.165, 1.54) is 5.56 Å². The van der Waals surface area contributed by atoms with Crippen molar-refractivity contribution >= 4 is 17.5 Å². The molecule has 2 amide bonds. The minimum atomic E-state index is -0.150. The van der Waals surface area contributed by atoms with Gasteiger partial charge in [-0.1, -0.05) is 25.1 Å². The Bertz CT molecular complexity index is 890. The number of likely N-dealkylation sites (N-methyl/N-ethyl adjacent to an activating group) is 1. The molecule has 1 aromatic carbocycles. The van der Waals surface area contributed by atoms with Crippen LogP contribution in [0.3, 0.4) is 0 Å². The molecule has 1 aromatic heterocycles. The third kappa shape index (κ3) is 3.40. The van der Waals surface area contributed by atoms with Crippen molar-refractivity contribution in [2.75, 3.05) is 37.6 Å². The van der Waals surface area contributed by atoms with E-state index in [0.29, 0.717) is 11.3 Å². The van der Waals surface area contributed by atoms with Crippen LogP contribution in [0.2, 0.25) is 0 Å². The van der Waals surface area contributed by atoms with Gasteiger partial charge in [0, 0.05) is 49.7 Å². The summed E-state index contributed by atoms with van der Waals surface area (Å²) in [4.78, 5) is 36.4. The first-order valence-electron chi connectivity index (χ1n) is 9.97. The zero-order chi connectivity index (χ0) is 19.7. The largest absolute Gasteiger partial charge is 0.336 e. The number of carbonyl (C=O) groups is 2. The second kappa shape index (κ2) is 7.72. The Morgan fingerprint density at radius 1 is 1.07 bits per heavy atom. The van der Waals surface area contributed by atoms with Crippen LogP contribution in [0.4, 0.5) is 5.69 Å². The Morgan fingerprint density at radius 2 is 1.82 bits per heavy atom. The number of hydrogen-bond donors (Lipinski definition) is 0. The Labute approximate surface area is 165 Å². The first-order chi connectivity index (χ1) is 13.6. The number of pyridine rings is 1. The third-order valence-electron chi connectivity index (χ3n) is 5.76. The van der Waals surface area contributed by atoms with Crippen molar-refractivity contribution in [1.82, 2.24) is 14.8 Å². The van der Waals surface area contributed by atoms with E-state index in [4.69, 9.17) is 0 Å². The number of carbonyl (C=O) groups excluding carboxylic acids is 2. The molecule has 6 nitrogen and oxygen atoms in total. The summed E-state index contributed by atoms with van der Waals surface area (Å²) in [5, 5.41) is 0. The number of nitrogens with zero attached hydrogens (tertiary/aromatic N) is 4. The number of fused-ring (bicyclic) bond motifs is 1. The zero-order valence-electron chi connectivity index (χ0n) is 16.5. The Morgan fingerprint density at radius 3 is 2.57 bits per heavy atom. The normalized spacial score (nSPS) is 19.6. The average Bonchev–Trinajstić information content (AvgIpc) is 3.08. The molecule has 3 heterocycles. The first-order valence-corrected chi connectivity index (χ1v) is 9.97. The van der Waals surface area contributed by atoms with Crippen molar-refractivity contribution in [3.63, 3.8) is 0 Å². The van der Waals surface area contributed by atoms with Gasteiger partial charge in [-0.25, -0.2) is 0 Å². The first kappa shape index (κ1) is 18.6. The third-order valence-corrected chi connectivity index (χ3v) is 5.76. The van der Waals surface area contributed by atoms with E-state index in [2.05, 4.69) is 22.9 Å². The fourth-order valence-electron chi connectivity index (χ4n) is 4.13. The standard InChI is InChI=1S/C22H26N4O2/c1-3-24-10-12-25(13-11-24)21(27)18-8-9-23-19(15-18)22(28)26-16(2)14-17-6-4-5-7-20(17)26/h4-9,15-16H,3,10-14H2,1-2H3. The van der Waals surface area contributed by atoms with Crippen LogP contribution in [0.5, 0.6) is 0 Å². The number of amides is 2. The van der Waals surface area contributed by atoms with Crippen molar-refractivity contribution in [2.45, 2.75) is 26.3 Å². The van der Waals surface area contributed by atoms with Gasteiger partial charge in [-0.3, -0.25) is 14.6 Å². The van der Waals surface area contributed by atoms with E-state index >= 15 is 0 Å². The maximum atomic E-state index is 13.2. The number of anilines is 1. The second-order valence-corrected chi connectivity index (χ2v) is 7.51. The van der Waals surface area contributed by atoms with Crippen LogP contribution >= 0.6 is 0 Å². The highest BCUT2D eigenvalue weighted by Crippen LogP contribution is 2.32. The van der Waals surface area contributed by atoms with Crippen LogP contribution in [-0.2, 0) is 6.42 Å². The molecule has 146 valence electrons. The number of benzene rings is 1. The molecule has 1 saturated heterocycles. The molecule has 0 saturated carbocycles. The van der Waals surface area contributed by atoms with Gasteiger partial charge in [-0.05, 0) is 43.7 Å². The number of hydrogen-bond acceptors (Lipinski definition) is 4. The van der Waals surface area contributed by atoms with Gasteiger partial charge in [0.1, 0.15) is 5.69 Å². The molecule has 0 radical (unpaired) electrons. The monoisotopic (exact) mass is 378 g/mol. The second-order valence-electron chi connectivity index (χ2n) is 7.51. The molecule has 2 aliphatic heterocycles. The molecular weight excluding hydrogens is 352 g/mol. The smallest absolute Gasteiger partial charge is 0.277 e. The number of aromatic nitrogens is 1. The molecular formula is C22H26N4O2. The molecule has 28 heavy (non-hydrogen) atoms. The Balaban J connectivity index is 1.54. The van der Waals surface area contributed by atoms with Crippen LogP contribution < -0.4 is 4.90 Å². The maximum Gasteiger partial charge on any atom is 0.277 e. The molecule has 0 spiro atoms. The highest BCUT2D eigenvalue weighted by Gasteiger charge is 2.32. The minimum Gasteiger partial charge on any atom is -0.336 e. The van der Waals surface area contributed by atoms with Crippen LogP contribution in [0, 0.1) is 0 Å². The molecule has 1 unspecified atom stereocenters. The van der Waals surface area contributed by atoms with Crippen LogP contribution in [0.15, 0.2) is 42.6 Å². The summed E-state index contributed by atoms with van der Waals surface area (Å²) in [5.41, 5.74) is 2.96. The SMILES string of the molecule is CCN1CCN(C(=O)c2ccnc(C(=O)N3c4ccccc4CC3C)c2)CC1. The summed E-state index contributed by atoms with van der Waals surface area (Å²) in [6.45, 7) is 8.40. The molecule has 2 aliphatic rings. The lowest BCUT2D eigenvalue weighted by Gasteiger charge is -2.34. The fraction of sp³-hybridized carbons (Fsp3) is 0.409. The molecule has 0 aliphatic carbocycles. The molecule has 1 atom stereocenters. The Kier molecular flexibility index (Phi) is 5.13. The summed E-state index contributed by atoms with van der Waals surface area (Å²) >= 11 is 0. The summed E-state index contributed by atoms with van der Waals surface area (Å²) in [5.74, 6) is -0.176. The van der Waals surface area contributed by atoms with Crippen LogP contribution in [0.25, 0.3) is 0 Å². The van der Waals surface area contributed by atoms with Crippen LogP contribution in [-0.4, -0.2) is 65.4 Å². The summed E-state index contributed by atoms with van der Waals surface area (Å²) < 4.78 is 0. The molecule has 0 N–H and O–H groups in total. The predicted octanol–water partition coefficient (Wildman–Crippen LogP) is 2.45. The fourth-order valence-corrected chi connectivity index (χ4v) is 4.13. The van der Waals surface area contributed by atoms with E-state index in [1.54, 1.807) is 23.2 Å². The lowest BCUT2D eigenvalue weighted by Crippen LogP contribution is -2.48. The molecule has 4 rings (SSSR count). The highest BCUT2D eigenvalue weighted by atomic mass is 16.2. The topological polar surface area (TPSA) is 56.8 Å². The number of rotatable bonds is 3. The van der Waals surface area contributed by atoms with Gasteiger partial charge in [0.2, 0.25) is 0 Å². The van der Waals surface area contributed by atoms with E-state index in [0.717, 1.165) is 44.8 Å². The summed E-state index contributed by atoms with van der Waals surface area (Å²) in [7, 11) is 0. The van der Waals surface area contributed by atoms with Gasteiger partial charge in [0.25, 0.3) is 11.8 Å². The predicted molar refractivity (Wildman–Crippen MR) is 109 cm³/mol. The Hall–Kier alpha value is -2.73. The average molecular weight is 378 g/mol. The molecule has 2 aromatic rings. The molecule has 0 bridgehead atoms. The lowest BCUT2D eigenvalue weighted by molar-refractivity contribution is 0.0643. The quantitative estimate of drug-likeness (QED) is 0.823. The maximum absolute atomic E-state index is 13.2. The van der Waals surface area contributed by atoms with Gasteiger partial charge in [0.05, 0.1) is 0 Å². The van der Waals surface area contributed by atoms with Gasteiger partial charge < -0.3 is 14.7 Å². The van der Waals surface area contributed by atoms with Gasteiger partial charge >= 0.3 is 0 Å². The van der Waals surface area contributed by atoms with E-state index in [-0.39, 0.29) is 17.9 Å². The highest BCUT2D eigenvalue weighted by molar-refractivity contribution is 6.07. The van der Waals surface area contributed by atoms with Gasteiger partial charge in [-0.2, -0.15) is 0 Å². The summed E-state index contributed by atoms with van der Waals surface area (Å²) in [6.07, 6.45) is 2.40. The van der Waals surface area contributed by atoms with E-state index < -0.39 is 0 Å². The zero-order valence-corrected chi connectivity index (χ0v) is 16.5. The van der Waals surface area contributed by atoms with Gasteiger partial charge in [0.15, 0.2) is 0 Å². The summed E-state index contributed by atoms with van der Waals surface area (Å²) in [6, 6.07) is 11.4. The number of piperazine rings is 1. The van der Waals surface area contributed by atoms with E-state index in [1.807, 2.05) is 30.0 Å². The van der Waals surface area contributed by atoms with E-state index in [9.17, 15) is 9.59 Å². The van der Waals surface area contributed by atoms with Crippen molar-refractivity contribution in [3.05, 3.63) is 59.4 Å². The van der Waals surface area contributed by atoms with Crippen LogP contribution in [0.1, 0.15) is 40.3 Å².